The van der Waals surface area contributed by atoms with Gasteiger partial charge < -0.3 is 5.32 Å². The molecule has 1 N–H and O–H groups in total. The van der Waals surface area contributed by atoms with Gasteiger partial charge in [0.1, 0.15) is 5.02 Å². The molecule has 1 aromatic heterocycles. The van der Waals surface area contributed by atoms with Crippen molar-refractivity contribution in [3.63, 3.8) is 0 Å². The van der Waals surface area contributed by atoms with Gasteiger partial charge in [-0.1, -0.05) is 56.6 Å². The topological polar surface area (TPSA) is 46.9 Å². The maximum absolute atomic E-state index is 12.9. The van der Waals surface area contributed by atoms with Gasteiger partial charge in [0, 0.05) is 13.6 Å². The van der Waals surface area contributed by atoms with Crippen LogP contribution < -0.4 is 5.32 Å². The number of benzene rings is 1. The zero-order valence-corrected chi connectivity index (χ0v) is 15.1. The van der Waals surface area contributed by atoms with Crippen LogP contribution in [0.1, 0.15) is 48.1 Å². The van der Waals surface area contributed by atoms with Gasteiger partial charge in [0.25, 0.3) is 5.91 Å². The molecule has 0 aliphatic heterocycles. The highest BCUT2D eigenvalue weighted by molar-refractivity contribution is 6.34. The number of alkyl halides is 3. The molecule has 0 saturated heterocycles. The summed E-state index contributed by atoms with van der Waals surface area (Å²) in [5, 5.41) is 5.43. The van der Waals surface area contributed by atoms with Crippen molar-refractivity contribution >= 4 is 17.5 Å². The molecule has 0 atom stereocenters. The van der Waals surface area contributed by atoms with Crippen LogP contribution in [0, 0.1) is 0 Å². The van der Waals surface area contributed by atoms with Gasteiger partial charge in [-0.3, -0.25) is 9.48 Å². The third-order valence-corrected chi connectivity index (χ3v) is 4.10. The van der Waals surface area contributed by atoms with Gasteiger partial charge in [0.15, 0.2) is 11.4 Å². The summed E-state index contributed by atoms with van der Waals surface area (Å²) >= 11 is 5.70. The summed E-state index contributed by atoms with van der Waals surface area (Å²) in [4.78, 5) is 12.1. The highest BCUT2D eigenvalue weighted by Crippen LogP contribution is 2.35. The lowest BCUT2D eigenvalue weighted by molar-refractivity contribution is -0.143. The smallest absolute Gasteiger partial charge is 0.347 e. The summed E-state index contributed by atoms with van der Waals surface area (Å²) in [6.45, 7) is 6.43. The van der Waals surface area contributed by atoms with Crippen LogP contribution in [0.3, 0.4) is 0 Å². The van der Waals surface area contributed by atoms with Crippen molar-refractivity contribution in [2.24, 2.45) is 7.05 Å². The lowest BCUT2D eigenvalue weighted by Crippen LogP contribution is -2.23. The van der Waals surface area contributed by atoms with Crippen molar-refractivity contribution in [1.29, 1.82) is 0 Å². The second kappa shape index (κ2) is 6.71. The van der Waals surface area contributed by atoms with Crippen LogP contribution >= 0.6 is 11.6 Å². The molecule has 0 fully saturated rings. The molecule has 1 amide bonds. The Balaban J connectivity index is 2.11. The summed E-state index contributed by atoms with van der Waals surface area (Å²) < 4.78 is 39.2. The van der Waals surface area contributed by atoms with E-state index in [1.165, 1.54) is 0 Å². The number of carbonyl (C=O) groups is 1. The maximum Gasteiger partial charge on any atom is 0.434 e. The zero-order valence-electron chi connectivity index (χ0n) is 14.3. The highest BCUT2D eigenvalue weighted by Gasteiger charge is 2.39. The van der Waals surface area contributed by atoms with Gasteiger partial charge in [-0.05, 0) is 16.5 Å². The van der Waals surface area contributed by atoms with E-state index >= 15 is 0 Å². The molecule has 0 saturated carbocycles. The molecule has 136 valence electrons. The second-order valence-electron chi connectivity index (χ2n) is 6.76. The Morgan fingerprint density at radius 3 is 2.20 bits per heavy atom. The van der Waals surface area contributed by atoms with E-state index < -0.39 is 28.5 Å². The fraction of sp³-hybridized carbons (Fsp3) is 0.412. The van der Waals surface area contributed by atoms with E-state index in [0.29, 0.717) is 4.68 Å². The number of hydrogen-bond acceptors (Lipinski definition) is 2. The van der Waals surface area contributed by atoms with E-state index in [1.54, 1.807) is 0 Å². The highest BCUT2D eigenvalue weighted by atomic mass is 35.5. The number of aromatic nitrogens is 2. The summed E-state index contributed by atoms with van der Waals surface area (Å²) in [6, 6.07) is 7.64. The SMILES string of the molecule is Cn1nc(C(=O)NCc2ccc(C(C)(C)C)cc2)c(Cl)c1C(F)(F)F. The van der Waals surface area contributed by atoms with E-state index in [4.69, 9.17) is 11.6 Å². The molecule has 0 bridgehead atoms. The minimum absolute atomic E-state index is 0.0112. The molecule has 0 aliphatic carbocycles. The van der Waals surface area contributed by atoms with Gasteiger partial charge in [-0.15, -0.1) is 0 Å². The standard InChI is InChI=1S/C17H19ClF3N3O/c1-16(2,3)11-7-5-10(6-8-11)9-22-15(25)13-12(18)14(17(19,20)21)24(4)23-13/h5-8H,9H2,1-4H3,(H,22,25). The lowest BCUT2D eigenvalue weighted by atomic mass is 9.87. The number of hydrogen-bond donors (Lipinski definition) is 1. The lowest BCUT2D eigenvalue weighted by Gasteiger charge is -2.19. The first kappa shape index (κ1) is 19.3. The Morgan fingerprint density at radius 1 is 1.20 bits per heavy atom. The minimum Gasteiger partial charge on any atom is -0.347 e. The number of rotatable bonds is 3. The molecular weight excluding hydrogens is 355 g/mol. The van der Waals surface area contributed by atoms with Gasteiger partial charge in [0.05, 0.1) is 0 Å². The van der Waals surface area contributed by atoms with Crippen molar-refractivity contribution in [3.05, 3.63) is 51.8 Å². The predicted molar refractivity (Wildman–Crippen MR) is 89.5 cm³/mol. The molecule has 0 unspecified atom stereocenters. The van der Waals surface area contributed by atoms with Gasteiger partial charge in [0.2, 0.25) is 0 Å². The quantitative estimate of drug-likeness (QED) is 0.871. The fourth-order valence-electron chi connectivity index (χ4n) is 2.34. The van der Waals surface area contributed by atoms with Crippen molar-refractivity contribution in [3.8, 4) is 0 Å². The van der Waals surface area contributed by atoms with E-state index in [1.807, 2.05) is 24.3 Å². The molecule has 0 aliphatic rings. The summed E-state index contributed by atoms with van der Waals surface area (Å²) in [7, 11) is 1.09. The zero-order chi connectivity index (χ0) is 19.0. The number of aryl methyl sites for hydroxylation is 1. The number of nitrogens with one attached hydrogen (secondary N) is 1. The Kier molecular flexibility index (Phi) is 5.18. The molecule has 8 heteroatoms. The summed E-state index contributed by atoms with van der Waals surface area (Å²) in [5.74, 6) is -0.754. The van der Waals surface area contributed by atoms with E-state index in [-0.39, 0.29) is 12.0 Å². The molecule has 0 spiro atoms. The molecule has 0 radical (unpaired) electrons. The molecular formula is C17H19ClF3N3O. The van der Waals surface area contributed by atoms with Gasteiger partial charge in [-0.25, -0.2) is 0 Å². The van der Waals surface area contributed by atoms with Gasteiger partial charge in [-0.2, -0.15) is 18.3 Å². The molecule has 1 aromatic carbocycles. The van der Waals surface area contributed by atoms with E-state index in [0.717, 1.165) is 18.2 Å². The monoisotopic (exact) mass is 373 g/mol. The van der Waals surface area contributed by atoms with Crippen LogP contribution in [0.15, 0.2) is 24.3 Å². The number of carbonyl (C=O) groups excluding carboxylic acids is 1. The normalized spacial score (nSPS) is 12.3. The largest absolute Gasteiger partial charge is 0.434 e. The van der Waals surface area contributed by atoms with Crippen LogP contribution in [0.25, 0.3) is 0 Å². The van der Waals surface area contributed by atoms with Crippen molar-refractivity contribution in [1.82, 2.24) is 15.1 Å². The number of halogens is 4. The summed E-state index contributed by atoms with van der Waals surface area (Å²) in [6.07, 6.45) is -4.68. The Labute approximate surface area is 149 Å². The maximum atomic E-state index is 12.9. The Hall–Kier alpha value is -2.02. The average Bonchev–Trinajstić information content (AvgIpc) is 2.79. The Bertz CT molecular complexity index is 774. The van der Waals surface area contributed by atoms with Crippen LogP contribution in [0.5, 0.6) is 0 Å². The van der Waals surface area contributed by atoms with Crippen LogP contribution in [-0.4, -0.2) is 15.7 Å². The molecule has 2 rings (SSSR count). The van der Waals surface area contributed by atoms with Crippen LogP contribution in [0.4, 0.5) is 13.2 Å². The van der Waals surface area contributed by atoms with Crippen molar-refractivity contribution in [2.45, 2.75) is 38.9 Å². The summed E-state index contributed by atoms with van der Waals surface area (Å²) in [5.41, 5.74) is 0.392. The average molecular weight is 374 g/mol. The van der Waals surface area contributed by atoms with Crippen LogP contribution in [0.2, 0.25) is 5.02 Å². The number of amides is 1. The molecule has 2 aromatic rings. The van der Waals surface area contributed by atoms with Crippen molar-refractivity contribution in [2.75, 3.05) is 0 Å². The third-order valence-electron chi connectivity index (χ3n) is 3.75. The predicted octanol–water partition coefficient (Wildman–Crippen LogP) is 4.32. The first-order valence-corrected chi connectivity index (χ1v) is 7.96. The fourth-order valence-corrected chi connectivity index (χ4v) is 2.69. The minimum atomic E-state index is -4.68. The Morgan fingerprint density at radius 2 is 1.76 bits per heavy atom. The molecule has 4 nitrogen and oxygen atoms in total. The van der Waals surface area contributed by atoms with E-state index in [9.17, 15) is 18.0 Å². The van der Waals surface area contributed by atoms with E-state index in [2.05, 4.69) is 31.2 Å². The molecule has 25 heavy (non-hydrogen) atoms. The van der Waals surface area contributed by atoms with Crippen LogP contribution in [-0.2, 0) is 25.2 Å². The second-order valence-corrected chi connectivity index (χ2v) is 7.14. The third kappa shape index (κ3) is 4.34. The van der Waals surface area contributed by atoms with Crippen molar-refractivity contribution < 1.29 is 18.0 Å². The first-order chi connectivity index (χ1) is 11.4. The number of nitrogens with zero attached hydrogens (tertiary/aromatic N) is 2. The molecule has 1 heterocycles. The van der Waals surface area contributed by atoms with Gasteiger partial charge >= 0.3 is 6.18 Å². The first-order valence-electron chi connectivity index (χ1n) is 7.58.